The van der Waals surface area contributed by atoms with Gasteiger partial charge in [0.15, 0.2) is 53.2 Å². The van der Waals surface area contributed by atoms with Crippen molar-refractivity contribution in [2.45, 2.75) is 174 Å². The number of amides is 2. The number of ether oxygens (including phenoxy) is 13. The van der Waals surface area contributed by atoms with Crippen LogP contribution in [0, 0.1) is 34.2 Å². The largest absolute Gasteiger partial charge is 0.492 e. The summed E-state index contributed by atoms with van der Waals surface area (Å²) in [5.74, 6) is 11.1. The Balaban J connectivity index is 0.890. The molecule has 27 nitrogen and oxygen atoms in total. The van der Waals surface area contributed by atoms with E-state index in [4.69, 9.17) is 66.4 Å². The number of carbonyl (C=O) groups excluding carboxylic acids is 4. The number of methoxy groups -OCH3 is 5. The van der Waals surface area contributed by atoms with Crippen molar-refractivity contribution in [3.05, 3.63) is 74.0 Å². The summed E-state index contributed by atoms with van der Waals surface area (Å²) in [4.78, 5) is 70.4. The summed E-state index contributed by atoms with van der Waals surface area (Å²) < 4.78 is 78.7. The topological polar surface area (TPSA) is 338 Å². The SMILES string of the molecule is CCN(C(C)=O)C1COC(OC2C(OC3C#C/C=C\C#CC4(O)CC(=O)C(NC(=O)OC)=C3/C4=C\CSSc3nc4ccccc4[nH]3)OC(C)C(NOC3CC(O)C(SC(=O)c4c(C)c(I)c(OC5OC6OC6C(OC)C5O)c(OC)c4OC)C(C)O3)C2O)CC1OC. The first-order valence-corrected chi connectivity index (χ1v) is 34.1. The Labute approximate surface area is 562 Å². The number of likely N-dealkylation sites (N-methyl/N-ethyl adjacent to an activating group) is 1. The molecule has 504 valence electrons. The zero-order valence-electron chi connectivity index (χ0n) is 52.3. The number of nitrogens with zero attached hydrogens (tertiary/aromatic N) is 2. The number of imidazole rings is 1. The predicted molar refractivity (Wildman–Crippen MR) is 343 cm³/mol. The molecule has 31 heteroatoms. The highest BCUT2D eigenvalue weighted by molar-refractivity contribution is 14.1. The molecule has 2 aromatic carbocycles. The lowest BCUT2D eigenvalue weighted by Crippen LogP contribution is -2.65. The minimum atomic E-state index is -2.15. The minimum Gasteiger partial charge on any atom is -0.492 e. The maximum absolute atomic E-state index is 14.5. The summed E-state index contributed by atoms with van der Waals surface area (Å²) >= 11 is 2.84. The molecule has 5 aliphatic heterocycles. The van der Waals surface area contributed by atoms with Crippen LogP contribution in [0.4, 0.5) is 4.79 Å². The summed E-state index contributed by atoms with van der Waals surface area (Å²) in [5, 5.41) is 49.9. The number of alkyl carbamates (subject to hydrolysis) is 1. The number of aromatic nitrogens is 2. The summed E-state index contributed by atoms with van der Waals surface area (Å²) in [6.07, 6.45) is -13.6. The van der Waals surface area contributed by atoms with Crippen molar-refractivity contribution in [2.75, 3.05) is 54.5 Å². The maximum atomic E-state index is 14.5. The molecule has 10 rings (SSSR count). The summed E-state index contributed by atoms with van der Waals surface area (Å²) in [6, 6.07) is 5.91. The number of hydrogen-bond acceptors (Lipinski definition) is 27. The summed E-state index contributed by atoms with van der Waals surface area (Å²) in [7, 11) is 9.51. The van der Waals surface area contributed by atoms with Crippen molar-refractivity contribution < 1.29 is 106 Å². The second kappa shape index (κ2) is 31.0. The molecule has 93 heavy (non-hydrogen) atoms. The predicted octanol–water partition coefficient (Wildman–Crippen LogP) is 4.09. The van der Waals surface area contributed by atoms with Gasteiger partial charge in [0.25, 0.3) is 0 Å². The van der Waals surface area contributed by atoms with E-state index in [-0.39, 0.29) is 70.8 Å². The van der Waals surface area contributed by atoms with Crippen molar-refractivity contribution in [3.8, 4) is 40.9 Å². The lowest BCUT2D eigenvalue weighted by molar-refractivity contribution is -0.337. The van der Waals surface area contributed by atoms with Gasteiger partial charge in [-0.05, 0) is 90.9 Å². The van der Waals surface area contributed by atoms with E-state index in [1.54, 1.807) is 31.7 Å². The molecule has 1 aromatic heterocycles. The number of Topliss-reactive ketones (excluding diaryl/α,β-unsaturated/α-hetero) is 1. The highest BCUT2D eigenvalue weighted by atomic mass is 127. The lowest BCUT2D eigenvalue weighted by atomic mass is 9.75. The number of aliphatic hydroxyl groups excluding tert-OH is 3. The average molecular weight is 1460 g/mol. The molecule has 7 aliphatic rings. The molecule has 6 heterocycles. The van der Waals surface area contributed by atoms with Gasteiger partial charge in [-0.2, -0.15) is 5.48 Å². The first-order valence-electron chi connectivity index (χ1n) is 29.8. The van der Waals surface area contributed by atoms with Crippen molar-refractivity contribution in [1.29, 1.82) is 0 Å². The van der Waals surface area contributed by atoms with E-state index in [1.807, 2.05) is 53.8 Å². The Hall–Kier alpha value is -5.09. The number of thioether (sulfide) groups is 1. The van der Waals surface area contributed by atoms with Crippen molar-refractivity contribution in [3.63, 3.8) is 0 Å². The number of hydroxylamine groups is 1. The monoisotopic (exact) mass is 1460 g/mol. The van der Waals surface area contributed by atoms with Gasteiger partial charge < -0.3 is 91.9 Å². The van der Waals surface area contributed by atoms with Gasteiger partial charge in [-0.3, -0.25) is 24.5 Å². The number of halogens is 1. The van der Waals surface area contributed by atoms with Crippen molar-refractivity contribution in [1.82, 2.24) is 25.7 Å². The molecule has 0 saturated carbocycles. The minimum absolute atomic E-state index is 0.0210. The lowest BCUT2D eigenvalue weighted by Gasteiger charge is -2.47. The van der Waals surface area contributed by atoms with Crippen LogP contribution in [0.25, 0.3) is 11.0 Å². The molecular weight excluding hydrogens is 1390 g/mol. The van der Waals surface area contributed by atoms with E-state index >= 15 is 0 Å². The molecule has 3 aromatic rings. The number of aromatic amines is 1. The molecule has 19 atom stereocenters. The second-order valence-electron chi connectivity index (χ2n) is 22.5. The fourth-order valence-electron chi connectivity index (χ4n) is 12.0. The zero-order valence-corrected chi connectivity index (χ0v) is 56.9. The van der Waals surface area contributed by atoms with Crippen LogP contribution in [-0.4, -0.2) is 228 Å². The van der Waals surface area contributed by atoms with E-state index in [0.717, 1.165) is 29.9 Å². The molecule has 0 radical (unpaired) electrons. The first kappa shape index (κ1) is 70.7. The van der Waals surface area contributed by atoms with Crippen LogP contribution < -0.4 is 25.0 Å². The molecule has 7 N–H and O–H groups in total. The highest BCUT2D eigenvalue weighted by Gasteiger charge is 2.59. The Bertz CT molecular complexity index is 3460. The number of allylic oxidation sites excluding steroid dienone is 3. The molecule has 2 amide bonds. The zero-order chi connectivity index (χ0) is 66.6. The number of para-hydroxylation sites is 2. The Kier molecular flexibility index (Phi) is 23.5. The molecule has 2 aliphatic carbocycles. The number of carbonyl (C=O) groups is 4. The molecule has 5 fully saturated rings. The third kappa shape index (κ3) is 15.4. The van der Waals surface area contributed by atoms with Crippen LogP contribution in [-0.2, 0) is 61.8 Å². The van der Waals surface area contributed by atoms with Crippen LogP contribution in [0.2, 0.25) is 0 Å². The van der Waals surface area contributed by atoms with Crippen LogP contribution in [0.3, 0.4) is 0 Å². The van der Waals surface area contributed by atoms with Crippen molar-refractivity contribution in [2.24, 2.45) is 0 Å². The van der Waals surface area contributed by atoms with Gasteiger partial charge in [-0.1, -0.05) is 64.4 Å². The second-order valence-corrected chi connectivity index (χ2v) is 27.0. The highest BCUT2D eigenvalue weighted by Crippen LogP contribution is 2.50. The van der Waals surface area contributed by atoms with Gasteiger partial charge in [0.2, 0.25) is 23.1 Å². The van der Waals surface area contributed by atoms with E-state index in [9.17, 15) is 39.6 Å². The number of ketones is 1. The van der Waals surface area contributed by atoms with Crippen LogP contribution in [0.5, 0.6) is 17.2 Å². The van der Waals surface area contributed by atoms with E-state index in [2.05, 4.69) is 44.4 Å². The van der Waals surface area contributed by atoms with Gasteiger partial charge in [0, 0.05) is 57.4 Å². The van der Waals surface area contributed by atoms with Gasteiger partial charge in [-0.25, -0.2) is 9.78 Å². The quantitative estimate of drug-likeness (QED) is 0.0186. The first-order chi connectivity index (χ1) is 44.6. The van der Waals surface area contributed by atoms with Crippen LogP contribution >= 0.6 is 55.9 Å². The van der Waals surface area contributed by atoms with Gasteiger partial charge in [0.1, 0.15) is 36.6 Å². The van der Waals surface area contributed by atoms with E-state index < -0.39 is 139 Å². The van der Waals surface area contributed by atoms with Gasteiger partial charge in [-0.15, -0.1) is 0 Å². The Morgan fingerprint density at radius 2 is 1.69 bits per heavy atom. The smallest absolute Gasteiger partial charge is 0.411 e. The molecule has 2 bridgehead atoms. The van der Waals surface area contributed by atoms with E-state index in [1.165, 1.54) is 69.1 Å². The fourth-order valence-corrected chi connectivity index (χ4v) is 15.5. The fraction of sp³-hybridized carbons (Fsp3) is 0.565. The van der Waals surface area contributed by atoms with Gasteiger partial charge >= 0.3 is 6.09 Å². The molecular formula is C62H74IN5O22S3. The molecule has 5 saturated heterocycles. The van der Waals surface area contributed by atoms with E-state index in [0.29, 0.717) is 20.8 Å². The third-order valence-corrected chi connectivity index (χ3v) is 21.4. The number of hydrogen-bond donors (Lipinski definition) is 7. The average Bonchev–Trinajstić information content (AvgIpc) is 1.60. The third-order valence-electron chi connectivity index (χ3n) is 16.7. The summed E-state index contributed by atoms with van der Waals surface area (Å²) in [6.45, 7) is 8.63. The Morgan fingerprint density at radius 3 is 2.39 bits per heavy atom. The van der Waals surface area contributed by atoms with Crippen LogP contribution in [0.1, 0.15) is 62.9 Å². The van der Waals surface area contributed by atoms with Crippen LogP contribution in [0.15, 0.2) is 64.5 Å². The number of rotatable bonds is 22. The normalized spacial score (nSPS) is 33.9. The number of epoxide rings is 1. The van der Waals surface area contributed by atoms with Gasteiger partial charge in [0.05, 0.1) is 102 Å². The number of H-pyrrole nitrogens is 1. The standard InChI is InChI=1S/C62H74IN5O22S3/c1-11-68(31(5)69)35-27-82-40(25-39(35)77-6)86-52-47(72)45(67-90-41-24-36(70)55(30(4)83-41)92-56(74)42-28(2)44(63)50(53(80-9)49(42)78-7)87-57-48(73)51(79-8)54-59(88-54)89-57)29(3)84-58(52)85-38-20-14-12-13-17-22-62(76)26-37(71)46(66-61(75)81-10)43(38)32(62)21-23-91-93-60-64-33-18-15-16-19-34(33)65-60/h12-13,15-16,18-19,21,29-30,35-36,38-41,45,47-48,51-52,54-55,57-59,67,70,72-73,76H,11,23-27H2,1-10H3,(H,64,65)(H,66,75)/b13-12-,32-21+. The van der Waals surface area contributed by atoms with Crippen molar-refractivity contribution >= 4 is 89.9 Å². The number of fused-ring (bicyclic) bond motifs is 4. The number of benzene rings is 2. The molecule has 0 spiro atoms. The molecule has 19 unspecified atom stereocenters. The summed E-state index contributed by atoms with van der Waals surface area (Å²) in [5.41, 5.74) is 2.65. The number of aliphatic hydroxyl groups is 4. The maximum Gasteiger partial charge on any atom is 0.411 e. The Morgan fingerprint density at radius 1 is 0.925 bits per heavy atom. The number of nitrogens with one attached hydrogen (secondary N) is 3.